The van der Waals surface area contributed by atoms with E-state index in [0.29, 0.717) is 19.3 Å². The summed E-state index contributed by atoms with van der Waals surface area (Å²) >= 11 is 0. The molecule has 3 unspecified atom stereocenters. The van der Waals surface area contributed by atoms with Gasteiger partial charge in [-0.3, -0.25) is 9.69 Å². The molecule has 0 bridgehead atoms. The second kappa shape index (κ2) is 5.15. The van der Waals surface area contributed by atoms with Gasteiger partial charge in [0.1, 0.15) is 0 Å². The lowest BCUT2D eigenvalue weighted by atomic mass is 9.91. The van der Waals surface area contributed by atoms with Crippen molar-refractivity contribution in [3.05, 3.63) is 0 Å². The highest BCUT2D eigenvalue weighted by molar-refractivity contribution is 5.71. The van der Waals surface area contributed by atoms with E-state index in [0.717, 1.165) is 19.4 Å². The van der Waals surface area contributed by atoms with E-state index in [2.05, 4.69) is 18.7 Å². The van der Waals surface area contributed by atoms with E-state index in [1.54, 1.807) is 0 Å². The molecule has 3 atom stereocenters. The molecule has 0 aliphatic carbocycles. The summed E-state index contributed by atoms with van der Waals surface area (Å²) in [7, 11) is 2.02. The molecular weight excluding hydrogens is 234 g/mol. The van der Waals surface area contributed by atoms with Crippen LogP contribution >= 0.6 is 0 Å². The summed E-state index contributed by atoms with van der Waals surface area (Å²) in [6.45, 7) is 5.77. The van der Waals surface area contributed by atoms with Crippen LogP contribution in [0.1, 0.15) is 26.7 Å². The molecule has 5 nitrogen and oxygen atoms in total. The van der Waals surface area contributed by atoms with Gasteiger partial charge in [-0.2, -0.15) is 0 Å². The quantitative estimate of drug-likeness (QED) is 0.816. The van der Waals surface area contributed by atoms with Crippen LogP contribution in [-0.4, -0.2) is 60.5 Å². The van der Waals surface area contributed by atoms with Gasteiger partial charge < -0.3 is 14.6 Å². The van der Waals surface area contributed by atoms with Gasteiger partial charge in [0.2, 0.25) is 0 Å². The highest BCUT2D eigenvalue weighted by Gasteiger charge is 2.41. The molecule has 104 valence electrons. The molecule has 0 aromatic carbocycles. The van der Waals surface area contributed by atoms with Crippen LogP contribution in [-0.2, 0) is 14.3 Å². The lowest BCUT2D eigenvalue weighted by Crippen LogP contribution is -2.51. The van der Waals surface area contributed by atoms with Crippen molar-refractivity contribution in [2.45, 2.75) is 44.4 Å². The average molecular weight is 257 g/mol. The first-order chi connectivity index (χ1) is 8.41. The molecule has 2 heterocycles. The van der Waals surface area contributed by atoms with Crippen LogP contribution in [0.5, 0.6) is 0 Å². The van der Waals surface area contributed by atoms with E-state index in [1.807, 2.05) is 7.05 Å². The maximum Gasteiger partial charge on any atom is 0.310 e. The highest BCUT2D eigenvalue weighted by atomic mass is 16.5. The number of nitrogens with zero attached hydrogens (tertiary/aromatic N) is 1. The number of hydrogen-bond acceptors (Lipinski definition) is 4. The molecule has 0 amide bonds. The first-order valence-electron chi connectivity index (χ1n) is 6.57. The Morgan fingerprint density at radius 3 is 2.72 bits per heavy atom. The van der Waals surface area contributed by atoms with E-state index in [1.165, 1.54) is 0 Å². The summed E-state index contributed by atoms with van der Waals surface area (Å²) < 4.78 is 11.0. The number of hydrogen-bond donors (Lipinski definition) is 1. The van der Waals surface area contributed by atoms with Crippen molar-refractivity contribution in [2.24, 2.45) is 5.92 Å². The first-order valence-corrected chi connectivity index (χ1v) is 6.57. The van der Waals surface area contributed by atoms with E-state index in [9.17, 15) is 9.90 Å². The fraction of sp³-hybridized carbons (Fsp3) is 0.923. The summed E-state index contributed by atoms with van der Waals surface area (Å²) in [6.07, 6.45) is 1.90. The van der Waals surface area contributed by atoms with Gasteiger partial charge in [0.25, 0.3) is 0 Å². The smallest absolute Gasteiger partial charge is 0.310 e. The average Bonchev–Trinajstić information content (AvgIpc) is 2.75. The largest absolute Gasteiger partial charge is 0.481 e. The Kier molecular flexibility index (Phi) is 3.94. The third-order valence-corrected chi connectivity index (χ3v) is 4.14. The molecule has 1 N–H and O–H groups in total. The lowest BCUT2D eigenvalue weighted by molar-refractivity contribution is -0.144. The molecule has 2 aliphatic rings. The van der Waals surface area contributed by atoms with E-state index < -0.39 is 11.9 Å². The molecular formula is C13H23NO4. The third kappa shape index (κ3) is 2.84. The topological polar surface area (TPSA) is 59.0 Å². The minimum Gasteiger partial charge on any atom is -0.481 e. The number of rotatable bonds is 3. The van der Waals surface area contributed by atoms with Crippen LogP contribution in [0.4, 0.5) is 0 Å². The summed E-state index contributed by atoms with van der Waals surface area (Å²) in [5, 5.41) is 9.20. The fourth-order valence-electron chi connectivity index (χ4n) is 3.00. The minimum atomic E-state index is -0.754. The number of carbonyl (C=O) groups is 1. The minimum absolute atomic E-state index is 0.0126. The zero-order chi connectivity index (χ0) is 13.3. The third-order valence-electron chi connectivity index (χ3n) is 4.14. The monoisotopic (exact) mass is 257 g/mol. The zero-order valence-electron chi connectivity index (χ0n) is 11.4. The van der Waals surface area contributed by atoms with Crippen LogP contribution < -0.4 is 0 Å². The summed E-state index contributed by atoms with van der Waals surface area (Å²) in [5.41, 5.74) is -0.116. The fourth-order valence-corrected chi connectivity index (χ4v) is 3.00. The van der Waals surface area contributed by atoms with Gasteiger partial charge >= 0.3 is 5.97 Å². The summed E-state index contributed by atoms with van der Waals surface area (Å²) in [6, 6.07) is 0.365. The predicted molar refractivity (Wildman–Crippen MR) is 66.5 cm³/mol. The van der Waals surface area contributed by atoms with Crippen molar-refractivity contribution in [3.63, 3.8) is 0 Å². The van der Waals surface area contributed by atoms with Crippen LogP contribution in [0.3, 0.4) is 0 Å². The van der Waals surface area contributed by atoms with Gasteiger partial charge in [-0.25, -0.2) is 0 Å². The molecule has 5 heteroatoms. The molecule has 2 saturated heterocycles. The Bertz CT molecular complexity index is 318. The molecule has 2 rings (SSSR count). The van der Waals surface area contributed by atoms with E-state index in [-0.39, 0.29) is 11.6 Å². The van der Waals surface area contributed by atoms with Crippen molar-refractivity contribution >= 4 is 5.97 Å². The maximum atomic E-state index is 11.2. The molecule has 0 saturated carbocycles. The van der Waals surface area contributed by atoms with E-state index >= 15 is 0 Å². The second-order valence-corrected chi connectivity index (χ2v) is 5.97. The molecule has 2 fully saturated rings. The Morgan fingerprint density at radius 1 is 1.39 bits per heavy atom. The standard InChI is InChI=1S/C13H23NO4/c1-13(2)6-9(4-5-18-13)14(3)11-8-17-7-10(11)12(15)16/h9-11H,4-8H2,1-3H3,(H,15,16). The Morgan fingerprint density at radius 2 is 2.11 bits per heavy atom. The van der Waals surface area contributed by atoms with Crippen molar-refractivity contribution in [2.75, 3.05) is 26.9 Å². The van der Waals surface area contributed by atoms with Gasteiger partial charge in [-0.15, -0.1) is 0 Å². The molecule has 18 heavy (non-hydrogen) atoms. The Balaban J connectivity index is 2.02. The van der Waals surface area contributed by atoms with Gasteiger partial charge in [0.15, 0.2) is 0 Å². The number of ether oxygens (including phenoxy) is 2. The van der Waals surface area contributed by atoms with Crippen molar-refractivity contribution in [1.29, 1.82) is 0 Å². The zero-order valence-corrected chi connectivity index (χ0v) is 11.4. The van der Waals surface area contributed by atoms with Crippen LogP contribution in [0.25, 0.3) is 0 Å². The predicted octanol–water partition coefficient (Wildman–Crippen LogP) is 0.975. The maximum absolute atomic E-state index is 11.2. The lowest BCUT2D eigenvalue weighted by Gasteiger charge is -2.42. The van der Waals surface area contributed by atoms with Crippen LogP contribution in [0, 0.1) is 5.92 Å². The molecule has 0 aromatic rings. The van der Waals surface area contributed by atoms with Crippen molar-refractivity contribution < 1.29 is 19.4 Å². The Labute approximate surface area is 108 Å². The van der Waals surface area contributed by atoms with Crippen LogP contribution in [0.2, 0.25) is 0 Å². The SMILES string of the molecule is CN(C1CCOC(C)(C)C1)C1COCC1C(=O)O. The highest BCUT2D eigenvalue weighted by Crippen LogP contribution is 2.30. The van der Waals surface area contributed by atoms with Crippen molar-refractivity contribution in [1.82, 2.24) is 4.90 Å². The van der Waals surface area contributed by atoms with Crippen molar-refractivity contribution in [3.8, 4) is 0 Å². The van der Waals surface area contributed by atoms with Gasteiger partial charge in [0, 0.05) is 18.7 Å². The second-order valence-electron chi connectivity index (χ2n) is 5.97. The van der Waals surface area contributed by atoms with Crippen LogP contribution in [0.15, 0.2) is 0 Å². The molecule has 0 radical (unpaired) electrons. The normalized spacial score (nSPS) is 35.9. The van der Waals surface area contributed by atoms with Gasteiger partial charge in [-0.05, 0) is 33.7 Å². The number of carboxylic acids is 1. The Hall–Kier alpha value is -0.650. The summed E-state index contributed by atoms with van der Waals surface area (Å²) in [5.74, 6) is -1.16. The summed E-state index contributed by atoms with van der Waals surface area (Å²) in [4.78, 5) is 13.4. The van der Waals surface area contributed by atoms with Gasteiger partial charge in [-0.1, -0.05) is 0 Å². The molecule has 0 aromatic heterocycles. The molecule has 0 spiro atoms. The molecule has 2 aliphatic heterocycles. The first kappa shape index (κ1) is 13.8. The number of aliphatic carboxylic acids is 1. The van der Waals surface area contributed by atoms with Gasteiger partial charge in [0.05, 0.1) is 24.7 Å². The number of likely N-dealkylation sites (N-methyl/N-ethyl adjacent to an activating group) is 1. The number of carboxylic acid groups (broad SMARTS) is 1. The van der Waals surface area contributed by atoms with E-state index in [4.69, 9.17) is 9.47 Å².